The van der Waals surface area contributed by atoms with Crippen LogP contribution in [0.1, 0.15) is 50.8 Å². The van der Waals surface area contributed by atoms with Crippen LogP contribution in [-0.2, 0) is 13.0 Å². The van der Waals surface area contributed by atoms with Gasteiger partial charge in [0.05, 0.1) is 6.04 Å². The van der Waals surface area contributed by atoms with E-state index in [0.29, 0.717) is 0 Å². The molecule has 0 unspecified atom stereocenters. The zero-order valence-corrected chi connectivity index (χ0v) is 14.7. The summed E-state index contributed by atoms with van der Waals surface area (Å²) in [6, 6.07) is 0.759. The Hall–Kier alpha value is -1.63. The highest BCUT2D eigenvalue weighted by atomic mass is 16.2. The number of aryl methyl sites for hydroxylation is 1. The molecule has 3 heterocycles. The van der Waals surface area contributed by atoms with Crippen LogP contribution < -0.4 is 5.32 Å². The van der Waals surface area contributed by atoms with Crippen LogP contribution >= 0.6 is 0 Å². The third-order valence-corrected chi connectivity index (χ3v) is 5.53. The molecule has 3 aliphatic rings. The Labute approximate surface area is 143 Å². The van der Waals surface area contributed by atoms with Crippen molar-refractivity contribution in [3.8, 4) is 0 Å². The molecule has 1 aliphatic carbocycles. The maximum atomic E-state index is 12.7. The Kier molecular flexibility index (Phi) is 4.20. The Morgan fingerprint density at radius 1 is 1.12 bits per heavy atom. The van der Waals surface area contributed by atoms with Crippen molar-refractivity contribution in [2.45, 2.75) is 58.2 Å². The van der Waals surface area contributed by atoms with Crippen LogP contribution in [0.15, 0.2) is 0 Å². The molecular weight excluding hydrogens is 304 g/mol. The normalized spacial score (nSPS) is 22.7. The molecule has 2 fully saturated rings. The van der Waals surface area contributed by atoms with Gasteiger partial charge in [-0.25, -0.2) is 4.79 Å². The molecule has 1 aromatic rings. The fourth-order valence-electron chi connectivity index (χ4n) is 3.89. The molecule has 132 valence electrons. The second-order valence-corrected chi connectivity index (χ2v) is 7.65. The molecule has 0 aromatic carbocycles. The number of piperazine rings is 1. The number of aromatic nitrogens is 3. The molecule has 24 heavy (non-hydrogen) atoms. The van der Waals surface area contributed by atoms with E-state index in [-0.39, 0.29) is 18.0 Å². The predicted octanol–water partition coefficient (Wildman–Crippen LogP) is 1.41. The van der Waals surface area contributed by atoms with E-state index in [4.69, 9.17) is 0 Å². The van der Waals surface area contributed by atoms with E-state index in [1.54, 1.807) is 0 Å². The quantitative estimate of drug-likeness (QED) is 0.905. The zero-order chi connectivity index (χ0) is 16.7. The lowest BCUT2D eigenvalue weighted by Gasteiger charge is -2.36. The highest BCUT2D eigenvalue weighted by Gasteiger charge is 2.34. The van der Waals surface area contributed by atoms with Gasteiger partial charge in [-0.2, -0.15) is 0 Å². The second kappa shape index (κ2) is 6.35. The van der Waals surface area contributed by atoms with Gasteiger partial charge in [-0.1, -0.05) is 13.8 Å². The molecule has 7 heteroatoms. The van der Waals surface area contributed by atoms with Gasteiger partial charge in [0.15, 0.2) is 5.82 Å². The van der Waals surface area contributed by atoms with E-state index >= 15 is 0 Å². The number of fused-ring (bicyclic) bond motifs is 1. The largest absolute Gasteiger partial charge is 0.328 e. The van der Waals surface area contributed by atoms with Gasteiger partial charge < -0.3 is 14.8 Å². The van der Waals surface area contributed by atoms with Gasteiger partial charge in [0, 0.05) is 45.2 Å². The summed E-state index contributed by atoms with van der Waals surface area (Å²) >= 11 is 0. The average Bonchev–Trinajstić information content (AvgIpc) is 3.19. The zero-order valence-electron chi connectivity index (χ0n) is 14.7. The van der Waals surface area contributed by atoms with Gasteiger partial charge in [0.1, 0.15) is 5.82 Å². The van der Waals surface area contributed by atoms with Crippen LogP contribution in [0.4, 0.5) is 4.79 Å². The molecule has 0 spiro atoms. The molecule has 1 N–H and O–H groups in total. The van der Waals surface area contributed by atoms with Gasteiger partial charge in [-0.15, -0.1) is 10.2 Å². The topological polar surface area (TPSA) is 66.3 Å². The molecule has 4 rings (SSSR count). The smallest absolute Gasteiger partial charge is 0.318 e. The van der Waals surface area contributed by atoms with E-state index in [1.807, 2.05) is 4.90 Å². The summed E-state index contributed by atoms with van der Waals surface area (Å²) in [7, 11) is 0. The van der Waals surface area contributed by atoms with Crippen molar-refractivity contribution < 1.29 is 4.79 Å². The first-order valence-electron chi connectivity index (χ1n) is 9.35. The summed E-state index contributed by atoms with van der Waals surface area (Å²) in [5, 5.41) is 11.9. The SMILES string of the molecule is CC(C)[C@@H](NC(=O)N1CCN(C2CC2)CC1)c1nnc2n1CCC2. The molecule has 7 nitrogen and oxygen atoms in total. The van der Waals surface area contributed by atoms with Crippen molar-refractivity contribution in [3.05, 3.63) is 11.6 Å². The Balaban J connectivity index is 1.40. The highest BCUT2D eigenvalue weighted by molar-refractivity contribution is 5.74. The molecule has 1 atom stereocenters. The minimum Gasteiger partial charge on any atom is -0.328 e. The number of nitrogens with one attached hydrogen (secondary N) is 1. The fourth-order valence-corrected chi connectivity index (χ4v) is 3.89. The van der Waals surface area contributed by atoms with Crippen LogP contribution in [0, 0.1) is 5.92 Å². The van der Waals surface area contributed by atoms with Crippen LogP contribution in [0.25, 0.3) is 0 Å². The van der Waals surface area contributed by atoms with Gasteiger partial charge in [-0.3, -0.25) is 4.90 Å². The summed E-state index contributed by atoms with van der Waals surface area (Å²) in [5.41, 5.74) is 0. The Morgan fingerprint density at radius 3 is 2.54 bits per heavy atom. The molecule has 0 radical (unpaired) electrons. The van der Waals surface area contributed by atoms with Gasteiger partial charge >= 0.3 is 6.03 Å². The van der Waals surface area contributed by atoms with Crippen molar-refractivity contribution in [2.75, 3.05) is 26.2 Å². The monoisotopic (exact) mass is 332 g/mol. The lowest BCUT2D eigenvalue weighted by molar-refractivity contribution is 0.130. The molecule has 0 bridgehead atoms. The fraction of sp³-hybridized carbons (Fsp3) is 0.824. The minimum atomic E-state index is -0.0710. The van der Waals surface area contributed by atoms with E-state index in [1.165, 1.54) is 12.8 Å². The summed E-state index contributed by atoms with van der Waals surface area (Å²) in [6.45, 7) is 8.89. The number of carbonyl (C=O) groups is 1. The molecular formula is C17H28N6O. The molecule has 1 aromatic heterocycles. The first kappa shape index (κ1) is 15.9. The number of amides is 2. The summed E-state index contributed by atoms with van der Waals surface area (Å²) in [4.78, 5) is 17.2. The Morgan fingerprint density at radius 2 is 1.88 bits per heavy atom. The number of hydrogen-bond donors (Lipinski definition) is 1. The standard InChI is InChI=1S/C17H28N6O/c1-12(2)15(16-20-19-14-4-3-7-23(14)16)18-17(24)22-10-8-21(9-11-22)13-5-6-13/h12-13,15H,3-11H2,1-2H3,(H,18,24)/t15-/m1/s1. The van der Waals surface area contributed by atoms with Crippen LogP contribution in [0.5, 0.6) is 0 Å². The molecule has 2 amide bonds. The molecule has 1 saturated heterocycles. The Bertz CT molecular complexity index is 600. The highest BCUT2D eigenvalue weighted by Crippen LogP contribution is 2.28. The van der Waals surface area contributed by atoms with Crippen molar-refractivity contribution in [1.82, 2.24) is 29.9 Å². The summed E-state index contributed by atoms with van der Waals surface area (Å²) in [6.07, 6.45) is 4.79. The lowest BCUT2D eigenvalue weighted by atomic mass is 10.0. The van der Waals surface area contributed by atoms with Crippen molar-refractivity contribution in [1.29, 1.82) is 0 Å². The van der Waals surface area contributed by atoms with Crippen molar-refractivity contribution >= 4 is 6.03 Å². The van der Waals surface area contributed by atoms with Crippen LogP contribution in [0.2, 0.25) is 0 Å². The number of nitrogens with zero attached hydrogens (tertiary/aromatic N) is 5. The summed E-state index contributed by atoms with van der Waals surface area (Å²) in [5.74, 6) is 2.26. The van der Waals surface area contributed by atoms with Gasteiger partial charge in [-0.05, 0) is 25.2 Å². The van der Waals surface area contributed by atoms with E-state index in [0.717, 1.165) is 63.3 Å². The lowest BCUT2D eigenvalue weighted by Crippen LogP contribution is -2.53. The first-order chi connectivity index (χ1) is 11.6. The third kappa shape index (κ3) is 3.01. The maximum absolute atomic E-state index is 12.7. The van der Waals surface area contributed by atoms with Crippen molar-refractivity contribution in [2.24, 2.45) is 5.92 Å². The van der Waals surface area contributed by atoms with Gasteiger partial charge in [0.2, 0.25) is 0 Å². The van der Waals surface area contributed by atoms with E-state index < -0.39 is 0 Å². The third-order valence-electron chi connectivity index (χ3n) is 5.53. The van der Waals surface area contributed by atoms with E-state index in [9.17, 15) is 4.79 Å². The van der Waals surface area contributed by atoms with Crippen molar-refractivity contribution in [3.63, 3.8) is 0 Å². The molecule has 2 aliphatic heterocycles. The second-order valence-electron chi connectivity index (χ2n) is 7.65. The maximum Gasteiger partial charge on any atom is 0.318 e. The van der Waals surface area contributed by atoms with E-state index in [2.05, 4.69) is 38.8 Å². The van der Waals surface area contributed by atoms with Crippen LogP contribution in [0.3, 0.4) is 0 Å². The number of hydrogen-bond acceptors (Lipinski definition) is 4. The number of urea groups is 1. The number of carbonyl (C=O) groups excluding carboxylic acids is 1. The van der Waals surface area contributed by atoms with Crippen LogP contribution in [-0.4, -0.2) is 62.8 Å². The number of rotatable bonds is 4. The molecule has 1 saturated carbocycles. The van der Waals surface area contributed by atoms with Gasteiger partial charge in [0.25, 0.3) is 0 Å². The minimum absolute atomic E-state index is 0.0412. The average molecular weight is 332 g/mol. The predicted molar refractivity (Wildman–Crippen MR) is 90.6 cm³/mol. The first-order valence-corrected chi connectivity index (χ1v) is 9.35. The summed E-state index contributed by atoms with van der Waals surface area (Å²) < 4.78 is 2.19.